The topological polar surface area (TPSA) is 126 Å². The molecule has 1 saturated carbocycles. The van der Waals surface area contributed by atoms with E-state index in [4.69, 9.17) is 9.47 Å². The molecule has 0 aromatic heterocycles. The molecule has 2 heterocycles. The van der Waals surface area contributed by atoms with E-state index in [-0.39, 0.29) is 6.79 Å². The number of nitrogens with zero attached hydrogens (tertiary/aromatic N) is 1. The maximum atomic E-state index is 12.8. The molecule has 160 valence electrons. The lowest BCUT2D eigenvalue weighted by atomic mass is 9.75. The van der Waals surface area contributed by atoms with Crippen LogP contribution in [-0.4, -0.2) is 47.7 Å². The highest BCUT2D eigenvalue weighted by Gasteiger charge is 2.52. The number of hydrogen-bond acceptors (Lipinski definition) is 6. The number of imide groups is 2. The third-order valence-electron chi connectivity index (χ3n) is 5.97. The molecule has 1 aliphatic carbocycles. The molecular formula is C20H24N4O6. The van der Waals surface area contributed by atoms with Crippen molar-refractivity contribution in [2.24, 2.45) is 5.92 Å². The van der Waals surface area contributed by atoms with Crippen LogP contribution >= 0.6 is 0 Å². The van der Waals surface area contributed by atoms with Crippen LogP contribution < -0.4 is 25.4 Å². The predicted octanol–water partition coefficient (Wildman–Crippen LogP) is 1.95. The first kappa shape index (κ1) is 20.0. The number of ether oxygens (including phenoxy) is 2. The van der Waals surface area contributed by atoms with E-state index in [9.17, 15) is 19.2 Å². The molecule has 10 heteroatoms. The number of fused-ring (bicyclic) bond motifs is 1. The first-order valence-electron chi connectivity index (χ1n) is 10.0. The number of benzene rings is 1. The zero-order valence-corrected chi connectivity index (χ0v) is 16.7. The number of amides is 6. The van der Waals surface area contributed by atoms with Crippen LogP contribution in [0.5, 0.6) is 11.5 Å². The zero-order valence-electron chi connectivity index (χ0n) is 16.7. The lowest BCUT2D eigenvalue weighted by Crippen LogP contribution is -2.50. The molecule has 2 fully saturated rings. The van der Waals surface area contributed by atoms with Crippen molar-refractivity contribution in [3.63, 3.8) is 0 Å². The molecule has 30 heavy (non-hydrogen) atoms. The van der Waals surface area contributed by atoms with Crippen molar-refractivity contribution in [3.8, 4) is 11.5 Å². The van der Waals surface area contributed by atoms with Crippen LogP contribution in [0.1, 0.15) is 39.0 Å². The van der Waals surface area contributed by atoms with Crippen molar-refractivity contribution in [1.29, 1.82) is 0 Å². The van der Waals surface area contributed by atoms with Crippen molar-refractivity contribution in [2.75, 3.05) is 18.7 Å². The Balaban J connectivity index is 1.32. The van der Waals surface area contributed by atoms with Gasteiger partial charge in [0.25, 0.3) is 5.91 Å². The van der Waals surface area contributed by atoms with Gasteiger partial charge >= 0.3 is 12.1 Å². The van der Waals surface area contributed by atoms with Crippen LogP contribution in [0.25, 0.3) is 0 Å². The Bertz CT molecular complexity index is 893. The van der Waals surface area contributed by atoms with Gasteiger partial charge in [0.2, 0.25) is 12.7 Å². The third kappa shape index (κ3) is 3.77. The number of urea groups is 2. The van der Waals surface area contributed by atoms with E-state index in [1.54, 1.807) is 18.2 Å². The quantitative estimate of drug-likeness (QED) is 0.644. The second-order valence-electron chi connectivity index (χ2n) is 7.83. The minimum absolute atomic E-state index is 0.107. The Kier molecular flexibility index (Phi) is 5.23. The highest BCUT2D eigenvalue weighted by atomic mass is 16.7. The van der Waals surface area contributed by atoms with Crippen molar-refractivity contribution in [2.45, 2.75) is 44.6 Å². The standard InChI is InChI=1S/C20H24N4O6/c1-2-12-5-7-20(8-6-12)17(26)24(19(28)23-20)10-16(25)22-18(27)21-13-3-4-14-15(9-13)30-11-29-14/h3-4,9,12H,2,5-8,10-11H2,1H3,(H,23,28)(H2,21,22,25,27). The Morgan fingerprint density at radius 1 is 1.20 bits per heavy atom. The normalized spacial score (nSPS) is 24.7. The first-order valence-corrected chi connectivity index (χ1v) is 10.0. The molecule has 4 rings (SSSR count). The zero-order chi connectivity index (χ0) is 21.3. The molecule has 0 bridgehead atoms. The van der Waals surface area contributed by atoms with Gasteiger partial charge in [-0.3, -0.25) is 19.8 Å². The van der Waals surface area contributed by atoms with Gasteiger partial charge in [-0.05, 0) is 43.7 Å². The van der Waals surface area contributed by atoms with E-state index in [1.165, 1.54) is 0 Å². The summed E-state index contributed by atoms with van der Waals surface area (Å²) >= 11 is 0. The van der Waals surface area contributed by atoms with Gasteiger partial charge in [-0.1, -0.05) is 13.3 Å². The highest BCUT2D eigenvalue weighted by molar-refractivity contribution is 6.10. The number of carbonyl (C=O) groups is 4. The summed E-state index contributed by atoms with van der Waals surface area (Å²) in [5.74, 6) is 0.459. The fourth-order valence-corrected chi connectivity index (χ4v) is 4.18. The second-order valence-corrected chi connectivity index (χ2v) is 7.83. The highest BCUT2D eigenvalue weighted by Crippen LogP contribution is 2.37. The second kappa shape index (κ2) is 7.85. The molecule has 1 aromatic rings. The smallest absolute Gasteiger partial charge is 0.325 e. The molecule has 1 spiro atoms. The largest absolute Gasteiger partial charge is 0.454 e. The fourth-order valence-electron chi connectivity index (χ4n) is 4.18. The van der Waals surface area contributed by atoms with Crippen molar-refractivity contribution < 1.29 is 28.7 Å². The Morgan fingerprint density at radius 2 is 1.93 bits per heavy atom. The lowest BCUT2D eigenvalue weighted by molar-refractivity contribution is -0.135. The maximum absolute atomic E-state index is 12.8. The van der Waals surface area contributed by atoms with Gasteiger partial charge < -0.3 is 20.1 Å². The summed E-state index contributed by atoms with van der Waals surface area (Å²) in [7, 11) is 0. The predicted molar refractivity (Wildman–Crippen MR) is 105 cm³/mol. The average molecular weight is 416 g/mol. The van der Waals surface area contributed by atoms with Gasteiger partial charge in [-0.2, -0.15) is 0 Å². The number of anilines is 1. The minimum Gasteiger partial charge on any atom is -0.454 e. The molecule has 6 amide bonds. The SMILES string of the molecule is CCC1CCC2(CC1)NC(=O)N(CC(=O)NC(=O)Nc1ccc3c(c1)OCO3)C2=O. The Labute approximate surface area is 173 Å². The van der Waals surface area contributed by atoms with Gasteiger partial charge in [0.15, 0.2) is 11.5 Å². The van der Waals surface area contributed by atoms with Crippen molar-refractivity contribution in [3.05, 3.63) is 18.2 Å². The van der Waals surface area contributed by atoms with Crippen LogP contribution in [0.2, 0.25) is 0 Å². The van der Waals surface area contributed by atoms with Crippen molar-refractivity contribution in [1.82, 2.24) is 15.5 Å². The number of nitrogens with one attached hydrogen (secondary N) is 3. The van der Waals surface area contributed by atoms with E-state index in [0.29, 0.717) is 35.9 Å². The Morgan fingerprint density at radius 3 is 2.67 bits per heavy atom. The molecule has 1 aromatic carbocycles. The summed E-state index contributed by atoms with van der Waals surface area (Å²) in [5, 5.41) is 7.41. The third-order valence-corrected chi connectivity index (χ3v) is 5.97. The maximum Gasteiger partial charge on any atom is 0.325 e. The summed E-state index contributed by atoms with van der Waals surface area (Å²) in [4.78, 5) is 50.4. The van der Waals surface area contributed by atoms with Crippen LogP contribution in [-0.2, 0) is 9.59 Å². The summed E-state index contributed by atoms with van der Waals surface area (Å²) in [5.41, 5.74) is -0.510. The van der Waals surface area contributed by atoms with Gasteiger partial charge in [0.05, 0.1) is 0 Å². The van der Waals surface area contributed by atoms with E-state index < -0.39 is 36.0 Å². The molecule has 0 radical (unpaired) electrons. The minimum atomic E-state index is -0.919. The molecule has 0 unspecified atom stereocenters. The molecule has 10 nitrogen and oxygen atoms in total. The molecule has 0 atom stereocenters. The van der Waals surface area contributed by atoms with Gasteiger partial charge in [-0.25, -0.2) is 9.59 Å². The monoisotopic (exact) mass is 416 g/mol. The molecule has 3 N–H and O–H groups in total. The van der Waals surface area contributed by atoms with Gasteiger partial charge in [-0.15, -0.1) is 0 Å². The Hall–Kier alpha value is -3.30. The van der Waals surface area contributed by atoms with Gasteiger partial charge in [0.1, 0.15) is 12.1 Å². The van der Waals surface area contributed by atoms with E-state index >= 15 is 0 Å². The lowest BCUT2D eigenvalue weighted by Gasteiger charge is -2.34. The average Bonchev–Trinajstić information content (AvgIpc) is 3.27. The van der Waals surface area contributed by atoms with Crippen LogP contribution in [0.15, 0.2) is 18.2 Å². The fraction of sp³-hybridized carbons (Fsp3) is 0.500. The number of carbonyl (C=O) groups excluding carboxylic acids is 4. The van der Waals surface area contributed by atoms with E-state index in [0.717, 1.165) is 24.2 Å². The summed E-state index contributed by atoms with van der Waals surface area (Å²) in [6.45, 7) is 1.71. The van der Waals surface area contributed by atoms with E-state index in [1.807, 2.05) is 0 Å². The number of rotatable bonds is 4. The summed E-state index contributed by atoms with van der Waals surface area (Å²) < 4.78 is 10.4. The van der Waals surface area contributed by atoms with Crippen LogP contribution in [0.3, 0.4) is 0 Å². The van der Waals surface area contributed by atoms with Gasteiger partial charge in [0, 0.05) is 11.8 Å². The van der Waals surface area contributed by atoms with Crippen molar-refractivity contribution >= 4 is 29.6 Å². The first-order chi connectivity index (χ1) is 14.4. The number of hydrogen-bond donors (Lipinski definition) is 3. The van der Waals surface area contributed by atoms with Crippen LogP contribution in [0, 0.1) is 5.92 Å². The summed E-state index contributed by atoms with van der Waals surface area (Å²) in [6, 6.07) is 3.44. The summed E-state index contributed by atoms with van der Waals surface area (Å²) in [6.07, 6.45) is 3.90. The molecular weight excluding hydrogens is 392 g/mol. The molecule has 3 aliphatic rings. The van der Waals surface area contributed by atoms with Crippen LogP contribution in [0.4, 0.5) is 15.3 Å². The molecule has 2 aliphatic heterocycles. The van der Waals surface area contributed by atoms with E-state index in [2.05, 4.69) is 22.9 Å². The molecule has 1 saturated heterocycles.